The Morgan fingerprint density at radius 3 is 2.28 bits per heavy atom. The van der Waals surface area contributed by atoms with Crippen LogP contribution in [0.2, 0.25) is 0 Å². The summed E-state index contributed by atoms with van der Waals surface area (Å²) >= 11 is 0. The van der Waals surface area contributed by atoms with Crippen molar-refractivity contribution in [2.75, 3.05) is 13.2 Å². The molecule has 5 rings (SSSR count). The van der Waals surface area contributed by atoms with Crippen molar-refractivity contribution in [3.05, 3.63) is 59.7 Å². The van der Waals surface area contributed by atoms with Crippen LogP contribution in [0.15, 0.2) is 48.5 Å². The van der Waals surface area contributed by atoms with E-state index in [1.54, 1.807) is 4.90 Å². The third kappa shape index (κ3) is 3.00. The first-order valence-electron chi connectivity index (χ1n) is 10.5. The molecular weight excluding hydrogens is 366 g/mol. The lowest BCUT2D eigenvalue weighted by Crippen LogP contribution is -2.51. The van der Waals surface area contributed by atoms with E-state index < -0.39 is 5.97 Å². The molecule has 2 fully saturated rings. The molecule has 2 aliphatic carbocycles. The second-order valence-electron chi connectivity index (χ2n) is 8.39. The zero-order valence-corrected chi connectivity index (χ0v) is 16.3. The summed E-state index contributed by atoms with van der Waals surface area (Å²) in [6, 6.07) is 16.6. The number of nitrogens with zero attached hydrogens (tertiary/aromatic N) is 1. The third-order valence-electron chi connectivity index (χ3n) is 7.02. The predicted octanol–water partition coefficient (Wildman–Crippen LogP) is 4.51. The fourth-order valence-corrected chi connectivity index (χ4v) is 5.69. The minimum Gasteiger partial charge on any atom is -0.481 e. The number of carbonyl (C=O) groups is 2. The number of likely N-dealkylation sites (tertiary alicyclic amines) is 1. The van der Waals surface area contributed by atoms with Crippen molar-refractivity contribution in [1.29, 1.82) is 0 Å². The Kier molecular flexibility index (Phi) is 4.53. The average molecular weight is 391 g/mol. The number of hydrogen-bond donors (Lipinski definition) is 1. The van der Waals surface area contributed by atoms with Crippen LogP contribution in [0.3, 0.4) is 0 Å². The molecule has 1 amide bonds. The van der Waals surface area contributed by atoms with Gasteiger partial charge in [0.05, 0.1) is 5.92 Å². The number of carbonyl (C=O) groups excluding carboxylic acids is 1. The van der Waals surface area contributed by atoms with E-state index in [0.717, 1.165) is 19.3 Å². The van der Waals surface area contributed by atoms with Crippen molar-refractivity contribution in [2.24, 2.45) is 11.8 Å². The highest BCUT2D eigenvalue weighted by Crippen LogP contribution is 2.45. The second kappa shape index (κ2) is 7.21. The summed E-state index contributed by atoms with van der Waals surface area (Å²) in [4.78, 5) is 26.3. The lowest BCUT2D eigenvalue weighted by Gasteiger charge is -2.40. The lowest BCUT2D eigenvalue weighted by molar-refractivity contribution is -0.146. The molecule has 150 valence electrons. The van der Waals surface area contributed by atoms with Gasteiger partial charge in [-0.3, -0.25) is 4.79 Å². The zero-order chi connectivity index (χ0) is 20.0. The molecule has 0 bridgehead atoms. The molecule has 0 radical (unpaired) electrons. The van der Waals surface area contributed by atoms with Crippen molar-refractivity contribution in [3.63, 3.8) is 0 Å². The highest BCUT2D eigenvalue weighted by Gasteiger charge is 2.46. The fraction of sp³-hybridized carbons (Fsp3) is 0.417. The van der Waals surface area contributed by atoms with Gasteiger partial charge in [-0.25, -0.2) is 4.79 Å². The Hall–Kier alpha value is -2.82. The summed E-state index contributed by atoms with van der Waals surface area (Å²) in [5.74, 6) is -0.960. The highest BCUT2D eigenvalue weighted by molar-refractivity contribution is 5.79. The Labute approximate surface area is 170 Å². The number of amides is 1. The van der Waals surface area contributed by atoms with Crippen LogP contribution >= 0.6 is 0 Å². The number of ether oxygens (including phenoxy) is 1. The average Bonchev–Trinajstić information content (AvgIpc) is 3.34. The molecule has 5 heteroatoms. The van der Waals surface area contributed by atoms with Crippen molar-refractivity contribution in [1.82, 2.24) is 4.90 Å². The molecule has 1 N–H and O–H groups in total. The van der Waals surface area contributed by atoms with Gasteiger partial charge in [0.1, 0.15) is 6.61 Å². The minimum atomic E-state index is -0.728. The van der Waals surface area contributed by atoms with Crippen LogP contribution in [0.25, 0.3) is 11.1 Å². The summed E-state index contributed by atoms with van der Waals surface area (Å²) in [5, 5.41) is 9.51. The van der Waals surface area contributed by atoms with Crippen molar-refractivity contribution in [2.45, 2.75) is 37.6 Å². The lowest BCUT2D eigenvalue weighted by atomic mass is 9.81. The van der Waals surface area contributed by atoms with Gasteiger partial charge in [-0.1, -0.05) is 55.0 Å². The maximum absolute atomic E-state index is 13.0. The first-order valence-corrected chi connectivity index (χ1v) is 10.5. The Balaban J connectivity index is 1.32. The Morgan fingerprint density at radius 2 is 1.62 bits per heavy atom. The Bertz CT molecular complexity index is 910. The molecule has 0 aromatic heterocycles. The highest BCUT2D eigenvalue weighted by atomic mass is 16.6. The van der Waals surface area contributed by atoms with Gasteiger partial charge in [0, 0.05) is 18.5 Å². The van der Waals surface area contributed by atoms with Gasteiger partial charge < -0.3 is 14.7 Å². The number of carboxylic acid groups (broad SMARTS) is 1. The molecule has 5 nitrogen and oxygen atoms in total. The smallest absolute Gasteiger partial charge is 0.410 e. The van der Waals surface area contributed by atoms with Crippen LogP contribution < -0.4 is 0 Å². The van der Waals surface area contributed by atoms with E-state index >= 15 is 0 Å². The molecule has 1 heterocycles. The maximum atomic E-state index is 13.0. The summed E-state index contributed by atoms with van der Waals surface area (Å²) in [5.41, 5.74) is 4.82. The van der Waals surface area contributed by atoms with E-state index in [1.165, 1.54) is 22.3 Å². The van der Waals surface area contributed by atoms with E-state index in [2.05, 4.69) is 24.3 Å². The van der Waals surface area contributed by atoms with Gasteiger partial charge in [-0.05, 0) is 47.4 Å². The quantitative estimate of drug-likeness (QED) is 0.836. The first-order chi connectivity index (χ1) is 14.1. The van der Waals surface area contributed by atoms with E-state index in [9.17, 15) is 14.7 Å². The number of aliphatic carboxylic acids is 1. The summed E-state index contributed by atoms with van der Waals surface area (Å²) in [6.45, 7) is 0.776. The number of fused-ring (bicyclic) bond motifs is 4. The third-order valence-corrected chi connectivity index (χ3v) is 7.02. The van der Waals surface area contributed by atoms with Gasteiger partial charge in [0.15, 0.2) is 0 Å². The second-order valence-corrected chi connectivity index (χ2v) is 8.39. The summed E-state index contributed by atoms with van der Waals surface area (Å²) in [6.07, 6.45) is 2.95. The fourth-order valence-electron chi connectivity index (χ4n) is 5.69. The molecule has 3 aliphatic rings. The van der Waals surface area contributed by atoms with E-state index in [0.29, 0.717) is 19.6 Å². The number of rotatable bonds is 3. The SMILES string of the molecule is O=C(O)C1CCN(C(=O)OCC2c3ccccc3-c3ccccc32)C2CCCC12. The maximum Gasteiger partial charge on any atom is 0.410 e. The van der Waals surface area contributed by atoms with Crippen LogP contribution in [0.5, 0.6) is 0 Å². The van der Waals surface area contributed by atoms with Gasteiger partial charge in [0.25, 0.3) is 0 Å². The molecule has 3 unspecified atom stereocenters. The summed E-state index contributed by atoms with van der Waals surface area (Å²) < 4.78 is 5.82. The monoisotopic (exact) mass is 391 g/mol. The van der Waals surface area contributed by atoms with Crippen molar-refractivity contribution in [3.8, 4) is 11.1 Å². The van der Waals surface area contributed by atoms with Crippen molar-refractivity contribution < 1.29 is 19.4 Å². The van der Waals surface area contributed by atoms with Crippen LogP contribution in [-0.2, 0) is 9.53 Å². The largest absolute Gasteiger partial charge is 0.481 e. The molecule has 3 atom stereocenters. The number of piperidine rings is 1. The minimum absolute atomic E-state index is 0.000463. The number of hydrogen-bond acceptors (Lipinski definition) is 3. The van der Waals surface area contributed by atoms with Crippen molar-refractivity contribution >= 4 is 12.1 Å². The predicted molar refractivity (Wildman–Crippen MR) is 109 cm³/mol. The zero-order valence-electron chi connectivity index (χ0n) is 16.3. The molecule has 0 spiro atoms. The van der Waals surface area contributed by atoms with Gasteiger partial charge in [-0.2, -0.15) is 0 Å². The molecule has 1 saturated carbocycles. The topological polar surface area (TPSA) is 66.8 Å². The first kappa shape index (κ1) is 18.2. The Morgan fingerprint density at radius 1 is 0.966 bits per heavy atom. The van der Waals surface area contributed by atoms with Gasteiger partial charge >= 0.3 is 12.1 Å². The standard InChI is InChI=1S/C24H25NO4/c26-23(27)20-12-13-25(22-11-5-10-19(20)22)24(28)29-14-21-17-8-3-1-6-15(17)16-7-2-4-9-18(16)21/h1-4,6-9,19-22H,5,10-14H2,(H,26,27). The summed E-state index contributed by atoms with van der Waals surface area (Å²) in [7, 11) is 0. The molecular formula is C24H25NO4. The molecule has 1 aliphatic heterocycles. The molecule has 1 saturated heterocycles. The molecule has 2 aromatic carbocycles. The van der Waals surface area contributed by atoms with Gasteiger partial charge in [0.2, 0.25) is 0 Å². The van der Waals surface area contributed by atoms with E-state index in [-0.39, 0.29) is 29.9 Å². The normalized spacial score (nSPS) is 25.2. The van der Waals surface area contributed by atoms with Crippen LogP contribution in [0.4, 0.5) is 4.79 Å². The molecule has 29 heavy (non-hydrogen) atoms. The van der Waals surface area contributed by atoms with E-state index in [1.807, 2.05) is 24.3 Å². The number of benzene rings is 2. The van der Waals surface area contributed by atoms with Gasteiger partial charge in [-0.15, -0.1) is 0 Å². The molecule has 2 aromatic rings. The van der Waals surface area contributed by atoms with Crippen LogP contribution in [0.1, 0.15) is 42.7 Å². The van der Waals surface area contributed by atoms with E-state index in [4.69, 9.17) is 4.74 Å². The van der Waals surface area contributed by atoms with Crippen LogP contribution in [-0.4, -0.2) is 41.3 Å². The van der Waals surface area contributed by atoms with Crippen LogP contribution in [0, 0.1) is 11.8 Å². The number of carboxylic acids is 1.